The first-order valence-electron chi connectivity index (χ1n) is 12.9. The maximum Gasteiger partial charge on any atom is 0.0794 e. The zero-order chi connectivity index (χ0) is 25.1. The summed E-state index contributed by atoms with van der Waals surface area (Å²) in [4.78, 5) is 9.98. The number of para-hydroxylation sites is 1. The van der Waals surface area contributed by atoms with Crippen molar-refractivity contribution in [2.24, 2.45) is 0 Å². The lowest BCUT2D eigenvalue weighted by Gasteiger charge is -2.15. The zero-order valence-corrected chi connectivity index (χ0v) is 20.6. The standard InChI is InChI=1S/C36H22N2/c1-3-11-29-23(7-1)18-20-31-33(32-21-19-24-8-2-4-12-30(24)36(32)38-35(29)31)26-16-14-25(15-17-26)28-13-5-9-27-10-6-22-37-34(27)28/h1-22H. The van der Waals surface area contributed by atoms with Gasteiger partial charge in [0.2, 0.25) is 0 Å². The van der Waals surface area contributed by atoms with E-state index < -0.39 is 0 Å². The average molecular weight is 483 g/mol. The molecule has 0 atom stereocenters. The third-order valence-electron chi connectivity index (χ3n) is 7.68. The predicted molar refractivity (Wildman–Crippen MR) is 160 cm³/mol. The summed E-state index contributed by atoms with van der Waals surface area (Å²) in [7, 11) is 0. The number of aromatic nitrogens is 2. The van der Waals surface area contributed by atoms with Crippen LogP contribution in [0.2, 0.25) is 0 Å². The van der Waals surface area contributed by atoms with Gasteiger partial charge in [-0.3, -0.25) is 4.98 Å². The highest BCUT2D eigenvalue weighted by molar-refractivity contribution is 6.21. The molecule has 2 aromatic heterocycles. The van der Waals surface area contributed by atoms with Crippen LogP contribution in [-0.2, 0) is 0 Å². The Morgan fingerprint density at radius 2 is 0.947 bits per heavy atom. The van der Waals surface area contributed by atoms with Crippen molar-refractivity contribution in [1.82, 2.24) is 9.97 Å². The quantitative estimate of drug-likeness (QED) is 0.181. The highest BCUT2D eigenvalue weighted by Gasteiger charge is 2.15. The van der Waals surface area contributed by atoms with Crippen molar-refractivity contribution < 1.29 is 0 Å². The smallest absolute Gasteiger partial charge is 0.0794 e. The number of nitrogens with zero attached hydrogens (tertiary/aromatic N) is 2. The van der Waals surface area contributed by atoms with Crippen LogP contribution in [0, 0.1) is 0 Å². The Labute approximate surface area is 219 Å². The summed E-state index contributed by atoms with van der Waals surface area (Å²) >= 11 is 0. The van der Waals surface area contributed by atoms with Crippen molar-refractivity contribution >= 4 is 54.3 Å². The van der Waals surface area contributed by atoms with Gasteiger partial charge in [0.1, 0.15) is 0 Å². The number of rotatable bonds is 2. The van der Waals surface area contributed by atoms with Crippen molar-refractivity contribution in [1.29, 1.82) is 0 Å². The van der Waals surface area contributed by atoms with Crippen molar-refractivity contribution in [2.75, 3.05) is 0 Å². The number of fused-ring (bicyclic) bond motifs is 7. The van der Waals surface area contributed by atoms with Gasteiger partial charge >= 0.3 is 0 Å². The van der Waals surface area contributed by atoms with E-state index in [4.69, 9.17) is 4.98 Å². The van der Waals surface area contributed by atoms with Crippen LogP contribution in [0.5, 0.6) is 0 Å². The Morgan fingerprint density at radius 3 is 1.63 bits per heavy atom. The zero-order valence-electron chi connectivity index (χ0n) is 20.6. The van der Waals surface area contributed by atoms with Crippen molar-refractivity contribution in [3.05, 3.63) is 134 Å². The largest absolute Gasteiger partial charge is 0.256 e. The average Bonchev–Trinajstić information content (AvgIpc) is 2.99. The molecule has 0 aliphatic rings. The Balaban J connectivity index is 1.43. The van der Waals surface area contributed by atoms with Crippen LogP contribution in [0.25, 0.3) is 76.5 Å². The fourth-order valence-electron chi connectivity index (χ4n) is 5.88. The van der Waals surface area contributed by atoms with Crippen LogP contribution in [0.4, 0.5) is 0 Å². The van der Waals surface area contributed by atoms with E-state index in [0.717, 1.165) is 33.1 Å². The van der Waals surface area contributed by atoms with Crippen LogP contribution >= 0.6 is 0 Å². The maximum absolute atomic E-state index is 5.31. The van der Waals surface area contributed by atoms with Gasteiger partial charge in [-0.15, -0.1) is 0 Å². The molecule has 0 radical (unpaired) electrons. The van der Waals surface area contributed by atoms with Crippen molar-refractivity contribution in [2.45, 2.75) is 0 Å². The highest BCUT2D eigenvalue weighted by Crippen LogP contribution is 2.40. The van der Waals surface area contributed by atoms with Crippen LogP contribution in [0.1, 0.15) is 0 Å². The molecule has 0 aliphatic carbocycles. The molecule has 176 valence electrons. The minimum absolute atomic E-state index is 1.03. The van der Waals surface area contributed by atoms with Gasteiger partial charge in [0.15, 0.2) is 0 Å². The van der Waals surface area contributed by atoms with Gasteiger partial charge in [-0.2, -0.15) is 0 Å². The molecule has 6 aromatic carbocycles. The molecule has 8 rings (SSSR count). The Hall–Kier alpha value is -5.08. The lowest BCUT2D eigenvalue weighted by Crippen LogP contribution is -1.92. The van der Waals surface area contributed by atoms with Gasteiger partial charge in [0.05, 0.1) is 16.6 Å². The molecule has 0 unspecified atom stereocenters. The number of benzene rings is 6. The molecule has 0 N–H and O–H groups in total. The predicted octanol–water partition coefficient (Wildman–Crippen LogP) is 9.58. The molecule has 0 saturated carbocycles. The first-order chi connectivity index (χ1) is 18.8. The normalized spacial score (nSPS) is 11.7. The molecule has 0 saturated heterocycles. The second-order valence-corrected chi connectivity index (χ2v) is 9.81. The Kier molecular flexibility index (Phi) is 4.55. The monoisotopic (exact) mass is 482 g/mol. The summed E-state index contributed by atoms with van der Waals surface area (Å²) in [6, 6.07) is 45.4. The van der Waals surface area contributed by atoms with E-state index >= 15 is 0 Å². The molecular formula is C36H22N2. The second-order valence-electron chi connectivity index (χ2n) is 9.81. The van der Waals surface area contributed by atoms with E-state index in [2.05, 4.69) is 126 Å². The van der Waals surface area contributed by atoms with Crippen molar-refractivity contribution in [3.63, 3.8) is 0 Å². The number of pyridine rings is 2. The van der Waals surface area contributed by atoms with E-state index in [1.54, 1.807) is 0 Å². The number of hydrogen-bond acceptors (Lipinski definition) is 2. The van der Waals surface area contributed by atoms with Crippen LogP contribution in [0.15, 0.2) is 134 Å². The van der Waals surface area contributed by atoms with Gasteiger partial charge in [0.25, 0.3) is 0 Å². The fourth-order valence-corrected chi connectivity index (χ4v) is 5.88. The van der Waals surface area contributed by atoms with Gasteiger partial charge in [-0.05, 0) is 28.0 Å². The molecule has 0 aliphatic heterocycles. The van der Waals surface area contributed by atoms with Gasteiger partial charge in [0, 0.05) is 44.3 Å². The van der Waals surface area contributed by atoms with Crippen LogP contribution in [-0.4, -0.2) is 9.97 Å². The molecule has 2 nitrogen and oxygen atoms in total. The third-order valence-corrected chi connectivity index (χ3v) is 7.68. The third kappa shape index (κ3) is 3.14. The Morgan fingerprint density at radius 1 is 0.368 bits per heavy atom. The van der Waals surface area contributed by atoms with Gasteiger partial charge < -0.3 is 0 Å². The summed E-state index contributed by atoms with van der Waals surface area (Å²) < 4.78 is 0. The van der Waals surface area contributed by atoms with E-state index in [0.29, 0.717) is 0 Å². The summed E-state index contributed by atoms with van der Waals surface area (Å²) in [5.74, 6) is 0. The number of hydrogen-bond donors (Lipinski definition) is 0. The van der Waals surface area contributed by atoms with E-state index in [-0.39, 0.29) is 0 Å². The summed E-state index contributed by atoms with van der Waals surface area (Å²) in [5.41, 5.74) is 7.84. The first kappa shape index (κ1) is 21.0. The molecule has 0 fully saturated rings. The summed E-state index contributed by atoms with van der Waals surface area (Å²) in [6.07, 6.45) is 1.87. The van der Waals surface area contributed by atoms with Gasteiger partial charge in [-0.25, -0.2) is 4.98 Å². The molecule has 2 heteroatoms. The summed E-state index contributed by atoms with van der Waals surface area (Å²) in [5, 5.41) is 8.27. The van der Waals surface area contributed by atoms with E-state index in [1.165, 1.54) is 43.4 Å². The minimum Gasteiger partial charge on any atom is -0.256 e. The van der Waals surface area contributed by atoms with E-state index in [9.17, 15) is 0 Å². The van der Waals surface area contributed by atoms with Crippen molar-refractivity contribution in [3.8, 4) is 22.3 Å². The van der Waals surface area contributed by atoms with Crippen LogP contribution in [0.3, 0.4) is 0 Å². The first-order valence-corrected chi connectivity index (χ1v) is 12.9. The van der Waals surface area contributed by atoms with Gasteiger partial charge in [-0.1, -0.05) is 121 Å². The second kappa shape index (κ2) is 8.22. The van der Waals surface area contributed by atoms with E-state index in [1.807, 2.05) is 12.3 Å². The Bertz CT molecular complexity index is 2080. The lowest BCUT2D eigenvalue weighted by molar-refractivity contribution is 1.41. The molecule has 0 bridgehead atoms. The topological polar surface area (TPSA) is 25.8 Å². The molecule has 0 spiro atoms. The minimum atomic E-state index is 1.03. The molecule has 38 heavy (non-hydrogen) atoms. The fraction of sp³-hybridized carbons (Fsp3) is 0. The SMILES string of the molecule is c1cnc2c(-c3ccc(-c4c5ccc6ccccc6c5nc5c4ccc4ccccc45)cc3)cccc2c1. The molecule has 8 aromatic rings. The molecule has 0 amide bonds. The maximum atomic E-state index is 5.31. The lowest BCUT2D eigenvalue weighted by atomic mass is 9.91. The molecule has 2 heterocycles. The molecular weight excluding hydrogens is 460 g/mol. The summed E-state index contributed by atoms with van der Waals surface area (Å²) in [6.45, 7) is 0. The highest BCUT2D eigenvalue weighted by atomic mass is 14.7. The van der Waals surface area contributed by atoms with Crippen LogP contribution < -0.4 is 0 Å².